The number of aliphatic hydroxyl groups excluding tert-OH is 1. The van der Waals surface area contributed by atoms with Crippen LogP contribution in [-0.2, 0) is 16.0 Å². The Morgan fingerprint density at radius 2 is 1.89 bits per heavy atom. The van der Waals surface area contributed by atoms with E-state index in [9.17, 15) is 15.0 Å². The third-order valence-corrected chi connectivity index (χ3v) is 7.19. The minimum absolute atomic E-state index is 0.104. The van der Waals surface area contributed by atoms with Crippen molar-refractivity contribution in [3.8, 4) is 5.75 Å². The summed E-state index contributed by atoms with van der Waals surface area (Å²) < 4.78 is 11.8. The molecule has 0 amide bonds. The van der Waals surface area contributed by atoms with Crippen molar-refractivity contribution in [2.24, 2.45) is 5.92 Å². The Labute approximate surface area is 205 Å². The van der Waals surface area contributed by atoms with Gasteiger partial charge < -0.3 is 25.0 Å². The number of carboxylic acids is 1. The van der Waals surface area contributed by atoms with E-state index in [1.54, 1.807) is 0 Å². The summed E-state index contributed by atoms with van der Waals surface area (Å²) in [5, 5.41) is 25.9. The van der Waals surface area contributed by atoms with Gasteiger partial charge in [-0.15, -0.1) is 0 Å². The normalized spacial score (nSPS) is 22.2. The second-order valence-corrected chi connectivity index (χ2v) is 10.5. The van der Waals surface area contributed by atoms with E-state index in [1.165, 1.54) is 16.3 Å². The van der Waals surface area contributed by atoms with Crippen LogP contribution in [0.4, 0.5) is 0 Å². The van der Waals surface area contributed by atoms with Gasteiger partial charge in [-0.25, -0.2) is 0 Å². The van der Waals surface area contributed by atoms with E-state index in [-0.39, 0.29) is 30.3 Å². The third-order valence-electron chi connectivity index (χ3n) is 7.19. The Hall–Kier alpha value is -2.93. The lowest BCUT2D eigenvalue weighted by Gasteiger charge is -2.28. The number of fused-ring (bicyclic) bond motifs is 4. The first-order valence-corrected chi connectivity index (χ1v) is 12.3. The minimum atomic E-state index is -0.818. The van der Waals surface area contributed by atoms with E-state index in [0.29, 0.717) is 6.54 Å². The van der Waals surface area contributed by atoms with Crippen LogP contribution >= 0.6 is 0 Å². The average Bonchev–Trinajstić information content (AvgIpc) is 3.42. The van der Waals surface area contributed by atoms with Crippen molar-refractivity contribution in [2.45, 2.75) is 57.0 Å². The maximum Gasteiger partial charge on any atom is 0.311 e. The van der Waals surface area contributed by atoms with Crippen molar-refractivity contribution >= 4 is 16.7 Å². The van der Waals surface area contributed by atoms with Gasteiger partial charge in [-0.2, -0.15) is 0 Å². The highest BCUT2D eigenvalue weighted by Gasteiger charge is 2.63. The Morgan fingerprint density at radius 1 is 1.11 bits per heavy atom. The molecule has 5 rings (SSSR count). The summed E-state index contributed by atoms with van der Waals surface area (Å²) in [6, 6.07) is 20.6. The van der Waals surface area contributed by atoms with Crippen LogP contribution in [-0.4, -0.2) is 47.1 Å². The van der Waals surface area contributed by atoms with Crippen molar-refractivity contribution in [1.29, 1.82) is 0 Å². The minimum Gasteiger partial charge on any atom is -0.489 e. The fourth-order valence-corrected chi connectivity index (χ4v) is 5.31. The van der Waals surface area contributed by atoms with E-state index >= 15 is 0 Å². The van der Waals surface area contributed by atoms with Crippen LogP contribution in [0.2, 0.25) is 0 Å². The Bertz CT molecular complexity index is 1240. The zero-order valence-electron chi connectivity index (χ0n) is 20.4. The number of β-amino-alcohol motifs (C(OH)–C–C–N with tert-alkyl or cyclic N) is 1. The largest absolute Gasteiger partial charge is 0.489 e. The molecule has 1 fully saturated rings. The molecule has 3 N–H and O–H groups in total. The van der Waals surface area contributed by atoms with Crippen LogP contribution in [0.5, 0.6) is 5.75 Å². The fourth-order valence-electron chi connectivity index (χ4n) is 5.31. The molecule has 35 heavy (non-hydrogen) atoms. The molecule has 3 aromatic carbocycles. The smallest absolute Gasteiger partial charge is 0.311 e. The van der Waals surface area contributed by atoms with E-state index in [2.05, 4.69) is 55.6 Å². The molecular weight excluding hydrogens is 442 g/mol. The second kappa shape index (κ2) is 9.26. The maximum absolute atomic E-state index is 11.5. The standard InChI is InChI=1S/C29H33NO5/c1-17(22-9-6-10-23-24(22)25-26(28(32)33)27(25)35-23)34-16-21(31)15-30-29(2,3)14-18-11-12-19-7-4-5-8-20(19)13-18/h4-13,17,21,25-27,30-31H,14-16H2,1-3H3,(H,32,33)/t17-,21-,25?,26?,27?/m1/s1. The predicted octanol–water partition coefficient (Wildman–Crippen LogP) is 4.45. The second-order valence-electron chi connectivity index (χ2n) is 10.5. The lowest BCUT2D eigenvalue weighted by molar-refractivity contribution is -0.139. The van der Waals surface area contributed by atoms with Gasteiger partial charge in [0.1, 0.15) is 17.8 Å². The molecule has 0 radical (unpaired) electrons. The highest BCUT2D eigenvalue weighted by Crippen LogP contribution is 2.60. The number of benzene rings is 3. The van der Waals surface area contributed by atoms with Crippen molar-refractivity contribution in [3.05, 3.63) is 77.4 Å². The summed E-state index contributed by atoms with van der Waals surface area (Å²) in [4.78, 5) is 11.5. The zero-order valence-corrected chi connectivity index (χ0v) is 20.4. The molecule has 1 aliphatic heterocycles. The van der Waals surface area contributed by atoms with Crippen molar-refractivity contribution < 1.29 is 24.5 Å². The maximum atomic E-state index is 11.5. The first-order chi connectivity index (χ1) is 16.7. The zero-order chi connectivity index (χ0) is 24.7. The number of rotatable bonds is 10. The van der Waals surface area contributed by atoms with Gasteiger partial charge in [-0.1, -0.05) is 54.6 Å². The van der Waals surface area contributed by atoms with Gasteiger partial charge in [0.2, 0.25) is 0 Å². The Morgan fingerprint density at radius 3 is 2.66 bits per heavy atom. The van der Waals surface area contributed by atoms with Crippen LogP contribution in [0, 0.1) is 5.92 Å². The molecule has 6 nitrogen and oxygen atoms in total. The summed E-state index contributed by atoms with van der Waals surface area (Å²) in [5.41, 5.74) is 2.94. The quantitative estimate of drug-likeness (QED) is 0.402. The molecule has 0 spiro atoms. The van der Waals surface area contributed by atoms with Crippen LogP contribution in [0.15, 0.2) is 60.7 Å². The van der Waals surface area contributed by atoms with Gasteiger partial charge in [-0.05, 0) is 55.2 Å². The van der Waals surface area contributed by atoms with Crippen LogP contribution in [0.1, 0.15) is 49.5 Å². The van der Waals surface area contributed by atoms with Crippen molar-refractivity contribution in [1.82, 2.24) is 5.32 Å². The molecule has 184 valence electrons. The molecule has 2 aliphatic rings. The van der Waals surface area contributed by atoms with Gasteiger partial charge in [0.25, 0.3) is 0 Å². The number of aliphatic hydroxyl groups is 1. The Kier molecular flexibility index (Phi) is 6.30. The van der Waals surface area contributed by atoms with E-state index < -0.39 is 18.0 Å². The number of carbonyl (C=O) groups is 1. The van der Waals surface area contributed by atoms with Gasteiger partial charge >= 0.3 is 5.97 Å². The monoisotopic (exact) mass is 475 g/mol. The third kappa shape index (κ3) is 4.92. The van der Waals surface area contributed by atoms with E-state index in [1.807, 2.05) is 31.2 Å². The number of hydrogen-bond donors (Lipinski definition) is 3. The summed E-state index contributed by atoms with van der Waals surface area (Å²) in [6.07, 6.45) is -0.370. The van der Waals surface area contributed by atoms with Gasteiger partial charge in [0.05, 0.1) is 18.8 Å². The molecular formula is C29H33NO5. The lowest BCUT2D eigenvalue weighted by Crippen LogP contribution is -2.46. The van der Waals surface area contributed by atoms with Crippen LogP contribution in [0.25, 0.3) is 10.8 Å². The molecule has 1 heterocycles. The predicted molar refractivity (Wildman–Crippen MR) is 135 cm³/mol. The van der Waals surface area contributed by atoms with Crippen molar-refractivity contribution in [2.75, 3.05) is 13.2 Å². The summed E-state index contributed by atoms with van der Waals surface area (Å²) in [7, 11) is 0. The highest BCUT2D eigenvalue weighted by molar-refractivity contribution is 5.83. The topological polar surface area (TPSA) is 88.0 Å². The summed E-state index contributed by atoms with van der Waals surface area (Å²) in [5.74, 6) is -0.646. The number of ether oxygens (including phenoxy) is 2. The van der Waals surface area contributed by atoms with Gasteiger partial charge in [0.15, 0.2) is 0 Å². The molecule has 0 saturated heterocycles. The molecule has 5 atom stereocenters. The number of nitrogens with one attached hydrogen (secondary N) is 1. The van der Waals surface area contributed by atoms with Gasteiger partial charge in [0, 0.05) is 23.6 Å². The molecule has 3 aromatic rings. The van der Waals surface area contributed by atoms with E-state index in [4.69, 9.17) is 9.47 Å². The average molecular weight is 476 g/mol. The van der Waals surface area contributed by atoms with Crippen LogP contribution < -0.4 is 10.1 Å². The first kappa shape index (κ1) is 23.8. The SMILES string of the molecule is C[C@@H](OC[C@H](O)CNC(C)(C)Cc1ccc2ccccc2c1)c1cccc2c1C1C(O2)C1C(=O)O. The molecule has 1 saturated carbocycles. The molecule has 0 bridgehead atoms. The number of carboxylic acid groups (broad SMARTS) is 1. The molecule has 6 heteroatoms. The fraction of sp³-hybridized carbons (Fsp3) is 0.414. The van der Waals surface area contributed by atoms with Crippen LogP contribution in [0.3, 0.4) is 0 Å². The first-order valence-electron chi connectivity index (χ1n) is 12.3. The molecule has 1 aliphatic carbocycles. The lowest BCUT2D eigenvalue weighted by atomic mass is 9.93. The molecule has 0 aromatic heterocycles. The number of aliphatic carboxylic acids is 1. The van der Waals surface area contributed by atoms with Gasteiger partial charge in [-0.3, -0.25) is 4.79 Å². The summed E-state index contributed by atoms with van der Waals surface area (Å²) in [6.45, 7) is 6.80. The summed E-state index contributed by atoms with van der Waals surface area (Å²) >= 11 is 0. The molecule has 3 unspecified atom stereocenters. The van der Waals surface area contributed by atoms with E-state index in [0.717, 1.165) is 23.3 Å². The Balaban J connectivity index is 1.14. The number of hydrogen-bond acceptors (Lipinski definition) is 5. The van der Waals surface area contributed by atoms with Crippen molar-refractivity contribution in [3.63, 3.8) is 0 Å². The highest BCUT2D eigenvalue weighted by atomic mass is 16.5.